The zero-order chi connectivity index (χ0) is 19.8. The summed E-state index contributed by atoms with van der Waals surface area (Å²) in [6.45, 7) is 0.301. The van der Waals surface area contributed by atoms with Gasteiger partial charge in [0.1, 0.15) is 11.3 Å². The Balaban J connectivity index is 1.85. The number of thioether (sulfide) groups is 1. The van der Waals surface area contributed by atoms with Crippen LogP contribution in [-0.4, -0.2) is 31.8 Å². The third-order valence-electron chi connectivity index (χ3n) is 3.66. The molecule has 0 spiro atoms. The normalized spacial score (nSPS) is 10.4. The third-order valence-corrected chi connectivity index (χ3v) is 5.23. The number of carbonyl (C=O) groups excluding carboxylic acids is 2. The van der Waals surface area contributed by atoms with Gasteiger partial charge in [-0.05, 0) is 35.4 Å². The molecular formula is C19H19Cl2NO4S. The van der Waals surface area contributed by atoms with Crippen molar-refractivity contribution in [1.29, 1.82) is 0 Å². The molecule has 0 atom stereocenters. The molecule has 0 heterocycles. The minimum Gasteiger partial charge on any atom is -0.496 e. The number of benzene rings is 2. The molecule has 0 aliphatic rings. The highest BCUT2D eigenvalue weighted by atomic mass is 35.5. The van der Waals surface area contributed by atoms with Crippen molar-refractivity contribution in [2.45, 2.75) is 12.3 Å². The van der Waals surface area contributed by atoms with E-state index in [-0.39, 0.29) is 5.91 Å². The first-order chi connectivity index (χ1) is 12.9. The van der Waals surface area contributed by atoms with Gasteiger partial charge in [-0.2, -0.15) is 0 Å². The Morgan fingerprint density at radius 1 is 1.11 bits per heavy atom. The van der Waals surface area contributed by atoms with Gasteiger partial charge in [0, 0.05) is 22.3 Å². The first-order valence-electron chi connectivity index (χ1n) is 7.98. The smallest absolute Gasteiger partial charge is 0.341 e. The fourth-order valence-electron chi connectivity index (χ4n) is 2.28. The quantitative estimate of drug-likeness (QED) is 0.634. The summed E-state index contributed by atoms with van der Waals surface area (Å²) in [5.74, 6) is 0.723. The summed E-state index contributed by atoms with van der Waals surface area (Å²) in [5.41, 5.74) is 2.02. The van der Waals surface area contributed by atoms with Crippen LogP contribution in [-0.2, 0) is 21.8 Å². The molecule has 5 nitrogen and oxygen atoms in total. The number of hydrogen-bond acceptors (Lipinski definition) is 5. The lowest BCUT2D eigenvalue weighted by atomic mass is 10.1. The van der Waals surface area contributed by atoms with Gasteiger partial charge in [-0.15, -0.1) is 11.8 Å². The van der Waals surface area contributed by atoms with Crippen LogP contribution in [0.5, 0.6) is 5.75 Å². The lowest BCUT2D eigenvalue weighted by molar-refractivity contribution is -0.118. The number of methoxy groups -OCH3 is 2. The first kappa shape index (κ1) is 21.4. The highest BCUT2D eigenvalue weighted by Gasteiger charge is 2.14. The van der Waals surface area contributed by atoms with Gasteiger partial charge in [0.25, 0.3) is 0 Å². The van der Waals surface area contributed by atoms with E-state index in [1.807, 2.05) is 6.07 Å². The highest BCUT2D eigenvalue weighted by molar-refractivity contribution is 7.99. The van der Waals surface area contributed by atoms with Crippen molar-refractivity contribution in [3.05, 3.63) is 63.1 Å². The van der Waals surface area contributed by atoms with Crippen LogP contribution in [0.1, 0.15) is 21.5 Å². The largest absolute Gasteiger partial charge is 0.496 e. The van der Waals surface area contributed by atoms with E-state index in [0.717, 1.165) is 11.1 Å². The fraction of sp³-hybridized carbons (Fsp3) is 0.263. The number of hydrogen-bond donors (Lipinski definition) is 1. The van der Waals surface area contributed by atoms with Gasteiger partial charge >= 0.3 is 5.97 Å². The second-order valence-corrected chi connectivity index (χ2v) is 7.36. The van der Waals surface area contributed by atoms with Gasteiger partial charge in [0.05, 0.1) is 20.0 Å². The summed E-state index contributed by atoms with van der Waals surface area (Å²) >= 11 is 13.4. The number of halogens is 2. The summed E-state index contributed by atoms with van der Waals surface area (Å²) < 4.78 is 9.89. The van der Waals surface area contributed by atoms with E-state index in [9.17, 15) is 9.59 Å². The Labute approximate surface area is 172 Å². The van der Waals surface area contributed by atoms with E-state index < -0.39 is 5.97 Å². The Kier molecular flexibility index (Phi) is 8.28. The molecule has 1 N–H and O–H groups in total. The minimum atomic E-state index is -0.490. The highest BCUT2D eigenvalue weighted by Crippen LogP contribution is 2.24. The van der Waals surface area contributed by atoms with Crippen molar-refractivity contribution in [2.75, 3.05) is 20.0 Å². The minimum absolute atomic E-state index is 0.111. The number of ether oxygens (including phenoxy) is 2. The van der Waals surface area contributed by atoms with Crippen molar-refractivity contribution < 1.29 is 19.1 Å². The van der Waals surface area contributed by atoms with E-state index in [1.54, 1.807) is 30.3 Å². The number of nitrogens with one attached hydrogen (secondary N) is 1. The third kappa shape index (κ3) is 6.34. The number of amides is 1. The maximum atomic E-state index is 12.0. The van der Waals surface area contributed by atoms with Gasteiger partial charge in [-0.3, -0.25) is 4.79 Å². The average Bonchev–Trinajstić information content (AvgIpc) is 2.67. The van der Waals surface area contributed by atoms with Crippen molar-refractivity contribution in [3.63, 3.8) is 0 Å². The molecule has 2 rings (SSSR count). The van der Waals surface area contributed by atoms with Crippen molar-refractivity contribution in [3.8, 4) is 5.75 Å². The molecular weight excluding hydrogens is 409 g/mol. The summed E-state index contributed by atoms with van der Waals surface area (Å²) in [6, 6.07) is 10.4. The van der Waals surface area contributed by atoms with Gasteiger partial charge in [0.2, 0.25) is 5.91 Å². The standard InChI is InChI=1S/C19H19Cl2NO4S/c1-25-17-6-3-12(7-15(17)19(24)26-2)9-22-18(23)11-27-10-13-4-5-14(20)8-16(13)21/h3-8H,9-11H2,1-2H3,(H,22,23). The predicted octanol–water partition coefficient (Wildman–Crippen LogP) is 4.34. The van der Waals surface area contributed by atoms with Crippen LogP contribution in [0.3, 0.4) is 0 Å². The van der Waals surface area contributed by atoms with Crippen molar-refractivity contribution in [1.82, 2.24) is 5.32 Å². The molecule has 0 unspecified atom stereocenters. The van der Waals surface area contributed by atoms with Crippen LogP contribution >= 0.6 is 35.0 Å². The van der Waals surface area contributed by atoms with Crippen LogP contribution in [0.2, 0.25) is 10.0 Å². The molecule has 0 aliphatic heterocycles. The monoisotopic (exact) mass is 427 g/mol. The molecule has 0 aliphatic carbocycles. The predicted molar refractivity (Wildman–Crippen MR) is 109 cm³/mol. The molecule has 0 saturated carbocycles. The van der Waals surface area contributed by atoms with Crippen LogP contribution in [0.15, 0.2) is 36.4 Å². The summed E-state index contributed by atoms with van der Waals surface area (Å²) in [4.78, 5) is 23.8. The fourth-order valence-corrected chi connectivity index (χ4v) is 3.69. The van der Waals surface area contributed by atoms with Crippen molar-refractivity contribution in [2.24, 2.45) is 0 Å². The lowest BCUT2D eigenvalue weighted by Crippen LogP contribution is -2.24. The van der Waals surface area contributed by atoms with E-state index >= 15 is 0 Å². The molecule has 1 amide bonds. The first-order valence-corrected chi connectivity index (χ1v) is 9.89. The van der Waals surface area contributed by atoms with Crippen LogP contribution in [0.4, 0.5) is 0 Å². The summed E-state index contributed by atoms with van der Waals surface area (Å²) in [6.07, 6.45) is 0. The SMILES string of the molecule is COC(=O)c1cc(CNC(=O)CSCc2ccc(Cl)cc2Cl)ccc1OC. The molecule has 27 heavy (non-hydrogen) atoms. The van der Waals surface area contributed by atoms with E-state index in [1.165, 1.54) is 26.0 Å². The Hall–Kier alpha value is -1.89. The zero-order valence-electron chi connectivity index (χ0n) is 14.9. The lowest BCUT2D eigenvalue weighted by Gasteiger charge is -2.10. The maximum Gasteiger partial charge on any atom is 0.341 e. The molecule has 0 fully saturated rings. The molecule has 0 saturated heterocycles. The van der Waals surface area contributed by atoms with Gasteiger partial charge in [0.15, 0.2) is 0 Å². The topological polar surface area (TPSA) is 64.6 Å². The van der Waals surface area contributed by atoms with Crippen LogP contribution < -0.4 is 10.1 Å². The van der Waals surface area contributed by atoms with Gasteiger partial charge in [-0.1, -0.05) is 35.3 Å². The van der Waals surface area contributed by atoms with Crippen LogP contribution in [0, 0.1) is 0 Å². The second kappa shape index (κ2) is 10.4. The number of rotatable bonds is 8. The molecule has 2 aromatic rings. The van der Waals surface area contributed by atoms with Gasteiger partial charge < -0.3 is 14.8 Å². The van der Waals surface area contributed by atoms with E-state index in [4.69, 9.17) is 32.7 Å². The Morgan fingerprint density at radius 2 is 1.89 bits per heavy atom. The van der Waals surface area contributed by atoms with E-state index in [2.05, 4.69) is 5.32 Å². The zero-order valence-corrected chi connectivity index (χ0v) is 17.2. The van der Waals surface area contributed by atoms with Crippen molar-refractivity contribution >= 4 is 46.8 Å². The van der Waals surface area contributed by atoms with Gasteiger partial charge in [-0.25, -0.2) is 4.79 Å². The molecule has 8 heteroatoms. The summed E-state index contributed by atoms with van der Waals surface area (Å²) in [7, 11) is 2.79. The average molecular weight is 428 g/mol. The Bertz CT molecular complexity index is 829. The summed E-state index contributed by atoms with van der Waals surface area (Å²) in [5, 5.41) is 3.99. The molecule has 0 radical (unpaired) electrons. The molecule has 0 bridgehead atoms. The Morgan fingerprint density at radius 3 is 2.56 bits per heavy atom. The molecule has 144 valence electrons. The molecule has 2 aromatic carbocycles. The number of carbonyl (C=O) groups is 2. The van der Waals surface area contributed by atoms with E-state index in [0.29, 0.717) is 39.4 Å². The molecule has 0 aromatic heterocycles. The maximum absolute atomic E-state index is 12.0. The van der Waals surface area contributed by atoms with Crippen LogP contribution in [0.25, 0.3) is 0 Å². The second-order valence-electron chi connectivity index (χ2n) is 5.53. The number of esters is 1.